The molecule has 2 aromatic heterocycles. The first-order chi connectivity index (χ1) is 8.19. The van der Waals surface area contributed by atoms with Crippen LogP contribution in [0.15, 0.2) is 30.5 Å². The fourth-order valence-corrected chi connectivity index (χ4v) is 2.28. The Morgan fingerprint density at radius 2 is 2.06 bits per heavy atom. The number of hydrogen-bond acceptors (Lipinski definition) is 2. The van der Waals surface area contributed by atoms with Crippen LogP contribution in [0.2, 0.25) is 0 Å². The molecule has 0 fully saturated rings. The molecule has 0 atom stereocenters. The summed E-state index contributed by atoms with van der Waals surface area (Å²) in [5.74, 6) is 0. The first kappa shape index (κ1) is 10.3. The Bertz CT molecular complexity index is 710. The summed E-state index contributed by atoms with van der Waals surface area (Å²) in [4.78, 5) is 4.51. The van der Waals surface area contributed by atoms with Crippen molar-refractivity contribution >= 4 is 16.6 Å². The van der Waals surface area contributed by atoms with E-state index in [9.17, 15) is 0 Å². The van der Waals surface area contributed by atoms with E-state index in [4.69, 9.17) is 5.73 Å². The highest BCUT2D eigenvalue weighted by molar-refractivity contribution is 5.86. The summed E-state index contributed by atoms with van der Waals surface area (Å²) in [6.45, 7) is 4.71. The quantitative estimate of drug-likeness (QED) is 0.691. The zero-order valence-electron chi connectivity index (χ0n) is 10.1. The smallest absolute Gasteiger partial charge is 0.137 e. The van der Waals surface area contributed by atoms with E-state index in [2.05, 4.69) is 47.5 Å². The van der Waals surface area contributed by atoms with Crippen molar-refractivity contribution in [2.45, 2.75) is 20.4 Å². The summed E-state index contributed by atoms with van der Waals surface area (Å²) in [5.41, 5.74) is 11.3. The molecule has 0 aliphatic carbocycles. The monoisotopic (exact) mass is 225 g/mol. The summed E-state index contributed by atoms with van der Waals surface area (Å²) in [6.07, 6.45) is 2.02. The van der Waals surface area contributed by atoms with Crippen molar-refractivity contribution in [1.29, 1.82) is 0 Å². The molecule has 0 radical (unpaired) electrons. The highest BCUT2D eigenvalue weighted by atomic mass is 15.0. The minimum Gasteiger partial charge on any atom is -0.325 e. The predicted molar refractivity (Wildman–Crippen MR) is 70.1 cm³/mol. The number of benzene rings is 1. The molecule has 0 saturated heterocycles. The average Bonchev–Trinajstić information content (AvgIpc) is 2.72. The third-order valence-electron chi connectivity index (χ3n) is 3.18. The summed E-state index contributed by atoms with van der Waals surface area (Å²) in [6, 6.07) is 8.61. The fourth-order valence-electron chi connectivity index (χ4n) is 2.28. The van der Waals surface area contributed by atoms with Gasteiger partial charge in [0.1, 0.15) is 5.65 Å². The van der Waals surface area contributed by atoms with Crippen molar-refractivity contribution in [3.63, 3.8) is 0 Å². The van der Waals surface area contributed by atoms with Gasteiger partial charge in [-0.3, -0.25) is 4.40 Å². The van der Waals surface area contributed by atoms with Crippen molar-refractivity contribution < 1.29 is 0 Å². The van der Waals surface area contributed by atoms with Gasteiger partial charge in [-0.25, -0.2) is 4.98 Å². The van der Waals surface area contributed by atoms with Gasteiger partial charge >= 0.3 is 0 Å². The maximum Gasteiger partial charge on any atom is 0.137 e. The van der Waals surface area contributed by atoms with Crippen molar-refractivity contribution in [3.8, 4) is 0 Å². The van der Waals surface area contributed by atoms with Crippen LogP contribution in [0.3, 0.4) is 0 Å². The Kier molecular flexibility index (Phi) is 2.16. The summed E-state index contributed by atoms with van der Waals surface area (Å²) in [7, 11) is 0. The molecule has 2 heterocycles. The minimum absolute atomic E-state index is 0.480. The van der Waals surface area contributed by atoms with E-state index in [-0.39, 0.29) is 0 Å². The van der Waals surface area contributed by atoms with Crippen molar-refractivity contribution in [2.75, 3.05) is 0 Å². The lowest BCUT2D eigenvalue weighted by molar-refractivity contribution is 1.02. The van der Waals surface area contributed by atoms with Crippen LogP contribution in [0.4, 0.5) is 0 Å². The van der Waals surface area contributed by atoms with Crippen LogP contribution in [0.5, 0.6) is 0 Å². The molecule has 3 heteroatoms. The second kappa shape index (κ2) is 3.57. The lowest BCUT2D eigenvalue weighted by Crippen LogP contribution is -1.95. The van der Waals surface area contributed by atoms with Gasteiger partial charge in [0.2, 0.25) is 0 Å². The van der Waals surface area contributed by atoms with E-state index in [0.717, 1.165) is 11.3 Å². The molecule has 0 aliphatic heterocycles. The summed E-state index contributed by atoms with van der Waals surface area (Å²) < 4.78 is 2.12. The Labute approximate surface area is 99.9 Å². The zero-order chi connectivity index (χ0) is 12.0. The van der Waals surface area contributed by atoms with Crippen molar-refractivity contribution in [2.24, 2.45) is 5.73 Å². The van der Waals surface area contributed by atoms with Gasteiger partial charge in [-0.2, -0.15) is 0 Å². The lowest BCUT2D eigenvalue weighted by atomic mass is 10.1. The van der Waals surface area contributed by atoms with Gasteiger partial charge in [0.25, 0.3) is 0 Å². The molecule has 0 saturated carbocycles. The fraction of sp³-hybridized carbons (Fsp3) is 0.214. The summed E-state index contributed by atoms with van der Waals surface area (Å²) in [5, 5.41) is 1.27. The Morgan fingerprint density at radius 3 is 2.82 bits per heavy atom. The molecule has 0 spiro atoms. The third kappa shape index (κ3) is 1.51. The Balaban J connectivity index is 2.51. The Morgan fingerprint density at radius 1 is 1.24 bits per heavy atom. The van der Waals surface area contributed by atoms with E-state index in [0.29, 0.717) is 6.54 Å². The molecule has 3 aromatic rings. The number of rotatable bonds is 1. The summed E-state index contributed by atoms with van der Waals surface area (Å²) >= 11 is 0. The van der Waals surface area contributed by atoms with Crippen molar-refractivity contribution in [1.82, 2.24) is 9.38 Å². The van der Waals surface area contributed by atoms with Crippen molar-refractivity contribution in [3.05, 3.63) is 47.3 Å². The lowest BCUT2D eigenvalue weighted by Gasteiger charge is -2.06. The SMILES string of the molecule is Cc1ccc2c(C)cc3nc(CN)cn3c2c1. The number of aromatic nitrogens is 2. The highest BCUT2D eigenvalue weighted by Gasteiger charge is 2.06. The van der Waals surface area contributed by atoms with Crippen LogP contribution in [0.25, 0.3) is 16.6 Å². The van der Waals surface area contributed by atoms with Gasteiger partial charge in [0.15, 0.2) is 0 Å². The maximum atomic E-state index is 5.65. The number of nitrogens with two attached hydrogens (primary N) is 1. The topological polar surface area (TPSA) is 43.3 Å². The number of hydrogen-bond donors (Lipinski definition) is 1. The van der Waals surface area contributed by atoms with E-state index >= 15 is 0 Å². The number of imidazole rings is 1. The number of nitrogens with zero attached hydrogens (tertiary/aromatic N) is 2. The van der Waals surface area contributed by atoms with E-state index in [1.54, 1.807) is 0 Å². The van der Waals surface area contributed by atoms with Crippen LogP contribution in [-0.4, -0.2) is 9.38 Å². The van der Waals surface area contributed by atoms with Crippen LogP contribution in [0.1, 0.15) is 16.8 Å². The second-order valence-corrected chi connectivity index (χ2v) is 4.51. The van der Waals surface area contributed by atoms with Gasteiger partial charge in [0.05, 0.1) is 11.2 Å². The molecule has 2 N–H and O–H groups in total. The molecule has 3 nitrogen and oxygen atoms in total. The average molecular weight is 225 g/mol. The van der Waals surface area contributed by atoms with Crippen LogP contribution in [-0.2, 0) is 6.54 Å². The van der Waals surface area contributed by atoms with Gasteiger partial charge in [0, 0.05) is 18.1 Å². The molecule has 86 valence electrons. The van der Waals surface area contributed by atoms with Gasteiger partial charge < -0.3 is 5.73 Å². The molecule has 0 bridgehead atoms. The van der Waals surface area contributed by atoms with E-state index < -0.39 is 0 Å². The largest absolute Gasteiger partial charge is 0.325 e. The number of pyridine rings is 1. The second-order valence-electron chi connectivity index (χ2n) is 4.51. The minimum atomic E-state index is 0.480. The maximum absolute atomic E-state index is 5.65. The van der Waals surface area contributed by atoms with Gasteiger partial charge in [-0.1, -0.05) is 12.1 Å². The van der Waals surface area contributed by atoms with Crippen LogP contribution in [0, 0.1) is 13.8 Å². The van der Waals surface area contributed by atoms with Crippen LogP contribution >= 0.6 is 0 Å². The molecule has 3 rings (SSSR count). The molecule has 17 heavy (non-hydrogen) atoms. The highest BCUT2D eigenvalue weighted by Crippen LogP contribution is 2.22. The normalized spacial score (nSPS) is 11.5. The molecule has 0 amide bonds. The molecular weight excluding hydrogens is 210 g/mol. The first-order valence-electron chi connectivity index (χ1n) is 5.77. The molecular formula is C14H15N3. The van der Waals surface area contributed by atoms with Crippen LogP contribution < -0.4 is 5.73 Å². The predicted octanol–water partition coefficient (Wildman–Crippen LogP) is 2.56. The van der Waals surface area contributed by atoms with E-state index in [1.807, 2.05) is 6.20 Å². The van der Waals surface area contributed by atoms with Gasteiger partial charge in [-0.15, -0.1) is 0 Å². The molecule has 0 aliphatic rings. The number of aryl methyl sites for hydroxylation is 2. The van der Waals surface area contributed by atoms with Gasteiger partial charge in [-0.05, 0) is 37.1 Å². The van der Waals surface area contributed by atoms with E-state index in [1.165, 1.54) is 22.0 Å². The third-order valence-corrected chi connectivity index (χ3v) is 3.18. The zero-order valence-corrected chi connectivity index (χ0v) is 10.1. The standard InChI is InChI=1S/C14H15N3/c1-9-3-4-12-10(2)6-14-16-11(7-15)8-17(14)13(12)5-9/h3-6,8H,7,15H2,1-2H3. The molecule has 0 unspecified atom stereocenters. The Hall–Kier alpha value is -1.87. The number of fused-ring (bicyclic) bond motifs is 3. The first-order valence-corrected chi connectivity index (χ1v) is 5.77. The molecule has 1 aromatic carbocycles.